The van der Waals surface area contributed by atoms with Gasteiger partial charge in [-0.05, 0) is 37.8 Å². The minimum absolute atomic E-state index is 0.0338. The van der Waals surface area contributed by atoms with E-state index in [2.05, 4.69) is 17.6 Å². The van der Waals surface area contributed by atoms with Gasteiger partial charge in [-0.3, -0.25) is 19.7 Å². The molecule has 0 aromatic heterocycles. The van der Waals surface area contributed by atoms with Crippen LogP contribution in [-0.4, -0.2) is 66.7 Å². The first-order chi connectivity index (χ1) is 15.9. The molecular weight excluding hydrogens is 429 g/mol. The van der Waals surface area contributed by atoms with Gasteiger partial charge in [0, 0.05) is 48.6 Å². The van der Waals surface area contributed by atoms with Gasteiger partial charge in [-0.15, -0.1) is 0 Å². The smallest absolute Gasteiger partial charge is 0.255 e. The Balaban J connectivity index is 1.30. The number of hydrogen-bond acceptors (Lipinski definition) is 6. The van der Waals surface area contributed by atoms with E-state index in [4.69, 9.17) is 9.47 Å². The number of halogens is 1. The second-order valence-corrected chi connectivity index (χ2v) is 9.58. The monoisotopic (exact) mass is 459 g/mol. The largest absolute Gasteiger partial charge is 0.381 e. The van der Waals surface area contributed by atoms with Crippen molar-refractivity contribution in [2.75, 3.05) is 19.8 Å². The summed E-state index contributed by atoms with van der Waals surface area (Å²) in [5.41, 5.74) is 1.13. The highest BCUT2D eigenvalue weighted by Crippen LogP contribution is 2.32. The summed E-state index contributed by atoms with van der Waals surface area (Å²) >= 11 is 0. The van der Waals surface area contributed by atoms with Crippen LogP contribution < -0.4 is 10.6 Å². The standard InChI is InChI=1S/C24H30FN3O5/c1-13(15-11-32-12-15)26-18-3-2-8-33-20(18)9-14-4-5-16-17(22(14)25)10-28(24(16)31)19-6-7-21(29)27-23(19)30/h4-5,13,15,18-20,26H,2-3,6-12H2,1H3,(H,27,29,30)/t13?,18-,19?,20+/m0/s1. The Hall–Kier alpha value is -2.36. The molecule has 3 saturated heterocycles. The van der Waals surface area contributed by atoms with Crippen LogP contribution in [0.5, 0.6) is 0 Å². The fourth-order valence-corrected chi connectivity index (χ4v) is 5.28. The second kappa shape index (κ2) is 9.12. The number of nitrogens with zero attached hydrogens (tertiary/aromatic N) is 1. The number of rotatable bonds is 6. The number of amides is 3. The van der Waals surface area contributed by atoms with Crippen molar-refractivity contribution in [2.24, 2.45) is 5.92 Å². The number of nitrogens with one attached hydrogen (secondary N) is 2. The number of benzene rings is 1. The molecule has 0 radical (unpaired) electrons. The molecule has 1 aromatic carbocycles. The van der Waals surface area contributed by atoms with Crippen molar-refractivity contribution in [1.82, 2.24) is 15.5 Å². The SMILES string of the molecule is CC(N[C@H]1CCCO[C@@H]1Cc1ccc2c(c1F)CN(C1CCC(=O)NC1=O)C2=O)C1COC1. The molecule has 2 unspecified atom stereocenters. The summed E-state index contributed by atoms with van der Waals surface area (Å²) in [6.07, 6.45) is 2.62. The van der Waals surface area contributed by atoms with Gasteiger partial charge in [0.1, 0.15) is 11.9 Å². The highest BCUT2D eigenvalue weighted by molar-refractivity contribution is 6.05. The molecule has 3 amide bonds. The first-order valence-corrected chi connectivity index (χ1v) is 11.8. The summed E-state index contributed by atoms with van der Waals surface area (Å²) in [7, 11) is 0. The lowest BCUT2D eigenvalue weighted by Crippen LogP contribution is -2.54. The van der Waals surface area contributed by atoms with Crippen LogP contribution in [0.1, 0.15) is 54.1 Å². The molecule has 4 heterocycles. The van der Waals surface area contributed by atoms with E-state index < -0.39 is 17.8 Å². The number of imide groups is 1. The third kappa shape index (κ3) is 4.29. The van der Waals surface area contributed by atoms with Gasteiger partial charge in [-0.25, -0.2) is 4.39 Å². The fraction of sp³-hybridized carbons (Fsp3) is 0.625. The Bertz CT molecular complexity index is 966. The summed E-state index contributed by atoms with van der Waals surface area (Å²) in [5, 5.41) is 5.94. The lowest BCUT2D eigenvalue weighted by atomic mass is 9.92. The van der Waals surface area contributed by atoms with Crippen LogP contribution >= 0.6 is 0 Å². The number of carbonyl (C=O) groups is 3. The van der Waals surface area contributed by atoms with Crippen LogP contribution in [0, 0.1) is 11.7 Å². The first-order valence-electron chi connectivity index (χ1n) is 11.8. The molecular formula is C24H30FN3O5. The Morgan fingerprint density at radius 1 is 1.24 bits per heavy atom. The van der Waals surface area contributed by atoms with Gasteiger partial charge < -0.3 is 19.7 Å². The van der Waals surface area contributed by atoms with Crippen molar-refractivity contribution >= 4 is 17.7 Å². The summed E-state index contributed by atoms with van der Waals surface area (Å²) in [6, 6.07) is 3.00. The molecule has 5 rings (SSSR count). The van der Waals surface area contributed by atoms with E-state index >= 15 is 4.39 Å². The van der Waals surface area contributed by atoms with Crippen LogP contribution in [0.2, 0.25) is 0 Å². The maximum Gasteiger partial charge on any atom is 0.255 e. The van der Waals surface area contributed by atoms with Crippen LogP contribution in [0.25, 0.3) is 0 Å². The Kier molecular flexibility index (Phi) is 6.20. The zero-order valence-corrected chi connectivity index (χ0v) is 18.8. The van der Waals surface area contributed by atoms with E-state index in [1.54, 1.807) is 12.1 Å². The van der Waals surface area contributed by atoms with Crippen molar-refractivity contribution in [3.8, 4) is 0 Å². The molecule has 0 spiro atoms. The van der Waals surface area contributed by atoms with Gasteiger partial charge >= 0.3 is 0 Å². The van der Waals surface area contributed by atoms with Crippen LogP contribution in [0.3, 0.4) is 0 Å². The highest BCUT2D eigenvalue weighted by Gasteiger charge is 2.41. The van der Waals surface area contributed by atoms with Crippen molar-refractivity contribution in [3.05, 3.63) is 34.6 Å². The molecule has 33 heavy (non-hydrogen) atoms. The number of carbonyl (C=O) groups excluding carboxylic acids is 3. The maximum atomic E-state index is 15.6. The molecule has 178 valence electrons. The average molecular weight is 460 g/mol. The van der Waals surface area contributed by atoms with E-state index in [-0.39, 0.29) is 43.3 Å². The summed E-state index contributed by atoms with van der Waals surface area (Å²) < 4.78 is 26.9. The molecule has 8 nitrogen and oxygen atoms in total. The molecule has 4 atom stereocenters. The maximum absolute atomic E-state index is 15.6. The highest BCUT2D eigenvalue weighted by atomic mass is 19.1. The molecule has 4 aliphatic heterocycles. The number of hydrogen-bond donors (Lipinski definition) is 2. The molecule has 2 N–H and O–H groups in total. The van der Waals surface area contributed by atoms with E-state index in [0.29, 0.717) is 41.7 Å². The molecule has 0 bridgehead atoms. The Morgan fingerprint density at radius 3 is 2.79 bits per heavy atom. The summed E-state index contributed by atoms with van der Waals surface area (Å²) in [6.45, 7) is 4.38. The van der Waals surface area contributed by atoms with Crippen LogP contribution in [0.15, 0.2) is 12.1 Å². The van der Waals surface area contributed by atoms with Crippen molar-refractivity contribution in [2.45, 2.75) is 69.8 Å². The van der Waals surface area contributed by atoms with E-state index in [1.807, 2.05) is 0 Å². The fourth-order valence-electron chi connectivity index (χ4n) is 5.28. The Labute approximate surface area is 192 Å². The predicted molar refractivity (Wildman–Crippen MR) is 116 cm³/mol. The molecule has 4 aliphatic rings. The topological polar surface area (TPSA) is 97.0 Å². The minimum Gasteiger partial charge on any atom is -0.381 e. The molecule has 9 heteroatoms. The van der Waals surface area contributed by atoms with E-state index in [0.717, 1.165) is 26.1 Å². The average Bonchev–Trinajstić information content (AvgIpc) is 3.07. The normalized spacial score (nSPS) is 29.0. The quantitative estimate of drug-likeness (QED) is 0.623. The van der Waals surface area contributed by atoms with Gasteiger partial charge in [-0.1, -0.05) is 6.07 Å². The third-order valence-electron chi connectivity index (χ3n) is 7.44. The first kappa shape index (κ1) is 22.4. The third-order valence-corrected chi connectivity index (χ3v) is 7.44. The predicted octanol–water partition coefficient (Wildman–Crippen LogP) is 1.30. The minimum atomic E-state index is -0.752. The van der Waals surface area contributed by atoms with Crippen molar-refractivity contribution < 1.29 is 28.2 Å². The van der Waals surface area contributed by atoms with Gasteiger partial charge in [0.15, 0.2) is 0 Å². The van der Waals surface area contributed by atoms with Crippen molar-refractivity contribution in [3.63, 3.8) is 0 Å². The molecule has 3 fully saturated rings. The lowest BCUT2D eigenvalue weighted by Gasteiger charge is -2.39. The number of fused-ring (bicyclic) bond motifs is 1. The lowest BCUT2D eigenvalue weighted by molar-refractivity contribution is -0.136. The summed E-state index contributed by atoms with van der Waals surface area (Å²) in [4.78, 5) is 38.0. The molecule has 0 aliphatic carbocycles. The van der Waals surface area contributed by atoms with E-state index in [9.17, 15) is 14.4 Å². The van der Waals surface area contributed by atoms with E-state index in [1.165, 1.54) is 4.90 Å². The van der Waals surface area contributed by atoms with Crippen molar-refractivity contribution in [1.29, 1.82) is 0 Å². The van der Waals surface area contributed by atoms with Gasteiger partial charge in [0.25, 0.3) is 5.91 Å². The molecule has 0 saturated carbocycles. The Morgan fingerprint density at radius 2 is 2.06 bits per heavy atom. The number of piperidine rings is 1. The summed E-state index contributed by atoms with van der Waals surface area (Å²) in [5.74, 6) is -1.11. The zero-order valence-electron chi connectivity index (χ0n) is 18.8. The van der Waals surface area contributed by atoms with Crippen LogP contribution in [0.4, 0.5) is 4.39 Å². The number of ether oxygens (including phenoxy) is 2. The van der Waals surface area contributed by atoms with Gasteiger partial charge in [0.2, 0.25) is 11.8 Å². The molecule has 1 aromatic rings. The zero-order chi connectivity index (χ0) is 23.1. The van der Waals surface area contributed by atoms with Gasteiger partial charge in [0.05, 0.1) is 25.9 Å². The van der Waals surface area contributed by atoms with Crippen LogP contribution in [-0.2, 0) is 32.0 Å². The second-order valence-electron chi connectivity index (χ2n) is 9.58. The van der Waals surface area contributed by atoms with Gasteiger partial charge in [-0.2, -0.15) is 0 Å².